The van der Waals surface area contributed by atoms with Gasteiger partial charge in [0.05, 0.1) is 17.2 Å². The first kappa shape index (κ1) is 11.9. The number of ether oxygens (including phenoxy) is 1. The summed E-state index contributed by atoms with van der Waals surface area (Å²) >= 11 is 1.70. The van der Waals surface area contributed by atoms with Crippen molar-refractivity contribution in [3.05, 3.63) is 35.3 Å². The number of carbonyl (C=O) groups excluding carboxylic acids is 1. The Hall–Kier alpha value is -1.55. The van der Waals surface area contributed by atoms with Crippen LogP contribution in [0.3, 0.4) is 0 Å². The first-order chi connectivity index (χ1) is 8.29. The smallest absolute Gasteiger partial charge is 0.306 e. The number of hydrogen-bond donors (Lipinski definition) is 1. The fraction of sp³-hybridized carbons (Fsp3) is 0.308. The van der Waals surface area contributed by atoms with E-state index in [4.69, 9.17) is 4.74 Å². The van der Waals surface area contributed by atoms with Crippen LogP contribution < -0.4 is 0 Å². The van der Waals surface area contributed by atoms with E-state index in [1.54, 1.807) is 11.3 Å². The first-order valence-electron chi connectivity index (χ1n) is 5.66. The molecule has 17 heavy (non-hydrogen) atoms. The Bertz CT molecular complexity index is 473. The van der Waals surface area contributed by atoms with Crippen LogP contribution in [-0.2, 0) is 16.0 Å². The van der Waals surface area contributed by atoms with Gasteiger partial charge in [0.15, 0.2) is 0 Å². The maximum Gasteiger partial charge on any atom is 0.306 e. The Balaban J connectivity index is 1.93. The molecule has 0 aliphatic rings. The molecule has 0 spiro atoms. The third-order valence-corrected chi connectivity index (χ3v) is 3.36. The topological polar surface area (TPSA) is 42.1 Å². The Kier molecular flexibility index (Phi) is 3.98. The Morgan fingerprint density at radius 1 is 1.53 bits per heavy atom. The van der Waals surface area contributed by atoms with Crippen molar-refractivity contribution in [2.45, 2.75) is 19.8 Å². The van der Waals surface area contributed by atoms with E-state index in [0.29, 0.717) is 13.0 Å². The van der Waals surface area contributed by atoms with Crippen LogP contribution in [0.1, 0.15) is 18.9 Å². The molecule has 0 aromatic carbocycles. The summed E-state index contributed by atoms with van der Waals surface area (Å²) in [6.45, 7) is 2.27. The number of nitrogens with one attached hydrogen (secondary N) is 1. The number of aryl methyl sites for hydroxylation is 1. The molecule has 0 fully saturated rings. The summed E-state index contributed by atoms with van der Waals surface area (Å²) in [5.74, 6) is -0.133. The summed E-state index contributed by atoms with van der Waals surface area (Å²) < 4.78 is 4.90. The van der Waals surface area contributed by atoms with E-state index >= 15 is 0 Å². The van der Waals surface area contributed by atoms with Gasteiger partial charge in [-0.15, -0.1) is 11.3 Å². The van der Waals surface area contributed by atoms with Crippen molar-refractivity contribution in [2.75, 3.05) is 6.61 Å². The maximum atomic E-state index is 11.2. The monoisotopic (exact) mass is 249 g/mol. The molecule has 90 valence electrons. The number of thiophene rings is 1. The molecule has 0 saturated carbocycles. The number of esters is 1. The number of carbonyl (C=O) groups is 1. The summed E-state index contributed by atoms with van der Waals surface area (Å²) in [5.41, 5.74) is 2.25. The third-order valence-electron chi connectivity index (χ3n) is 2.45. The zero-order chi connectivity index (χ0) is 12.1. The summed E-state index contributed by atoms with van der Waals surface area (Å²) in [4.78, 5) is 15.7. The lowest BCUT2D eigenvalue weighted by Crippen LogP contribution is -2.04. The minimum atomic E-state index is -0.133. The van der Waals surface area contributed by atoms with Crippen LogP contribution in [0.15, 0.2) is 29.8 Å². The van der Waals surface area contributed by atoms with Gasteiger partial charge in [0.25, 0.3) is 0 Å². The lowest BCUT2D eigenvalue weighted by Gasteiger charge is -1.99. The van der Waals surface area contributed by atoms with Crippen LogP contribution in [-0.4, -0.2) is 17.6 Å². The molecule has 0 aliphatic carbocycles. The lowest BCUT2D eigenvalue weighted by atomic mass is 10.2. The Morgan fingerprint density at radius 2 is 2.41 bits per heavy atom. The average molecular weight is 249 g/mol. The molecule has 0 saturated heterocycles. The van der Waals surface area contributed by atoms with Crippen LogP contribution in [0.5, 0.6) is 0 Å². The molecule has 1 N–H and O–H groups in total. The predicted octanol–water partition coefficient (Wildman–Crippen LogP) is 3.24. The molecule has 3 nitrogen and oxygen atoms in total. The molecule has 0 unspecified atom stereocenters. The van der Waals surface area contributed by atoms with Crippen LogP contribution >= 0.6 is 11.3 Å². The van der Waals surface area contributed by atoms with Gasteiger partial charge in [0.2, 0.25) is 0 Å². The molecule has 4 heteroatoms. The van der Waals surface area contributed by atoms with E-state index in [-0.39, 0.29) is 5.97 Å². The second-order valence-electron chi connectivity index (χ2n) is 3.70. The zero-order valence-corrected chi connectivity index (χ0v) is 10.5. The van der Waals surface area contributed by atoms with Crippen molar-refractivity contribution in [1.82, 2.24) is 4.98 Å². The second kappa shape index (κ2) is 5.68. The molecule has 2 aromatic heterocycles. The van der Waals surface area contributed by atoms with E-state index in [2.05, 4.69) is 22.5 Å². The van der Waals surface area contributed by atoms with E-state index in [9.17, 15) is 4.79 Å². The molecule has 0 bridgehead atoms. The zero-order valence-electron chi connectivity index (χ0n) is 9.73. The summed E-state index contributed by atoms with van der Waals surface area (Å²) in [5, 5.41) is 2.05. The van der Waals surface area contributed by atoms with Crippen molar-refractivity contribution in [1.29, 1.82) is 0 Å². The standard InChI is InChI=1S/C13H15NO2S/c1-2-16-13(15)6-5-10-8-11(14-9-10)12-4-3-7-17-12/h3-4,7-9,14H,2,5-6H2,1H3. The Morgan fingerprint density at radius 3 is 3.12 bits per heavy atom. The molecule has 2 heterocycles. The van der Waals surface area contributed by atoms with Crippen molar-refractivity contribution in [2.24, 2.45) is 0 Å². The minimum Gasteiger partial charge on any atom is -0.466 e. The number of H-pyrrole nitrogens is 1. The number of aromatic amines is 1. The number of hydrogen-bond acceptors (Lipinski definition) is 3. The lowest BCUT2D eigenvalue weighted by molar-refractivity contribution is -0.143. The van der Waals surface area contributed by atoms with E-state index in [1.807, 2.05) is 19.2 Å². The van der Waals surface area contributed by atoms with Gasteiger partial charge in [0, 0.05) is 12.6 Å². The van der Waals surface area contributed by atoms with Gasteiger partial charge in [-0.2, -0.15) is 0 Å². The van der Waals surface area contributed by atoms with Crippen molar-refractivity contribution in [3.63, 3.8) is 0 Å². The normalized spacial score (nSPS) is 10.4. The van der Waals surface area contributed by atoms with Gasteiger partial charge in [0.1, 0.15) is 0 Å². The average Bonchev–Trinajstić information content (AvgIpc) is 2.97. The van der Waals surface area contributed by atoms with Crippen LogP contribution in [0.25, 0.3) is 10.6 Å². The highest BCUT2D eigenvalue weighted by molar-refractivity contribution is 7.13. The fourth-order valence-electron chi connectivity index (χ4n) is 1.64. The Labute approximate surface area is 104 Å². The molecular weight excluding hydrogens is 234 g/mol. The van der Waals surface area contributed by atoms with E-state index in [1.165, 1.54) is 4.88 Å². The van der Waals surface area contributed by atoms with Gasteiger partial charge >= 0.3 is 5.97 Å². The predicted molar refractivity (Wildman–Crippen MR) is 69.1 cm³/mol. The SMILES string of the molecule is CCOC(=O)CCc1c[nH]c(-c2cccs2)c1. The van der Waals surface area contributed by atoms with Crippen LogP contribution in [0, 0.1) is 0 Å². The van der Waals surface area contributed by atoms with Crippen molar-refractivity contribution in [3.8, 4) is 10.6 Å². The van der Waals surface area contributed by atoms with Gasteiger partial charge in [-0.3, -0.25) is 4.79 Å². The highest BCUT2D eigenvalue weighted by atomic mass is 32.1. The van der Waals surface area contributed by atoms with Gasteiger partial charge in [-0.05, 0) is 36.4 Å². The minimum absolute atomic E-state index is 0.133. The van der Waals surface area contributed by atoms with Crippen LogP contribution in [0.2, 0.25) is 0 Å². The molecule has 0 atom stereocenters. The largest absolute Gasteiger partial charge is 0.466 e. The van der Waals surface area contributed by atoms with Crippen molar-refractivity contribution < 1.29 is 9.53 Å². The van der Waals surface area contributed by atoms with Gasteiger partial charge in [-0.1, -0.05) is 6.07 Å². The van der Waals surface area contributed by atoms with Gasteiger partial charge < -0.3 is 9.72 Å². The van der Waals surface area contributed by atoms with E-state index in [0.717, 1.165) is 17.7 Å². The van der Waals surface area contributed by atoms with Gasteiger partial charge in [-0.25, -0.2) is 0 Å². The highest BCUT2D eigenvalue weighted by Gasteiger charge is 2.06. The number of rotatable bonds is 5. The highest BCUT2D eigenvalue weighted by Crippen LogP contribution is 2.24. The molecule has 0 amide bonds. The van der Waals surface area contributed by atoms with Crippen molar-refractivity contribution >= 4 is 17.3 Å². The maximum absolute atomic E-state index is 11.2. The fourth-order valence-corrected chi connectivity index (χ4v) is 2.34. The quantitative estimate of drug-likeness (QED) is 0.826. The molecule has 0 aliphatic heterocycles. The van der Waals surface area contributed by atoms with Crippen LogP contribution in [0.4, 0.5) is 0 Å². The second-order valence-corrected chi connectivity index (χ2v) is 4.65. The molecule has 2 rings (SSSR count). The van der Waals surface area contributed by atoms with E-state index < -0.39 is 0 Å². The summed E-state index contributed by atoms with van der Waals surface area (Å²) in [7, 11) is 0. The molecule has 0 radical (unpaired) electrons. The molecular formula is C13H15NO2S. The first-order valence-corrected chi connectivity index (χ1v) is 6.54. The number of aromatic nitrogens is 1. The summed E-state index contributed by atoms with van der Waals surface area (Å²) in [6, 6.07) is 6.19. The third kappa shape index (κ3) is 3.20. The molecule has 2 aromatic rings. The summed E-state index contributed by atoms with van der Waals surface area (Å²) in [6.07, 6.45) is 3.12.